The summed E-state index contributed by atoms with van der Waals surface area (Å²) in [6.45, 7) is 2.37. The summed E-state index contributed by atoms with van der Waals surface area (Å²) in [6, 6.07) is -0.00870. The van der Waals surface area contributed by atoms with Gasteiger partial charge in [0.25, 0.3) is 0 Å². The van der Waals surface area contributed by atoms with Crippen LogP contribution in [0.5, 0.6) is 0 Å². The summed E-state index contributed by atoms with van der Waals surface area (Å²) >= 11 is 0. The van der Waals surface area contributed by atoms with Crippen molar-refractivity contribution in [2.45, 2.75) is 25.3 Å². The van der Waals surface area contributed by atoms with E-state index in [0.29, 0.717) is 0 Å². The summed E-state index contributed by atoms with van der Waals surface area (Å²) in [7, 11) is 0. The van der Waals surface area contributed by atoms with Crippen LogP contribution in [0.4, 0.5) is 0 Å². The molecular weight excluding hydrogens is 166 g/mol. The normalized spacial score (nSPS) is 34.4. The van der Waals surface area contributed by atoms with E-state index in [-0.39, 0.29) is 19.3 Å². The Hall–Kier alpha value is -0.120. The molecule has 0 radical (unpaired) electrons. The number of hydrogen-bond donors (Lipinski definition) is 2. The van der Waals surface area contributed by atoms with Crippen LogP contribution in [-0.4, -0.2) is 47.5 Å². The Morgan fingerprint density at radius 3 is 2.08 bits per heavy atom. The fraction of sp³-hybridized carbons (Fsp3) is 1.00. The van der Waals surface area contributed by atoms with Gasteiger partial charge >= 0.3 is 0 Å². The van der Waals surface area contributed by atoms with Crippen molar-refractivity contribution in [3.63, 3.8) is 0 Å². The number of nitrogens with zero attached hydrogens (tertiary/aromatic N) is 1. The van der Waals surface area contributed by atoms with E-state index in [2.05, 4.69) is 4.90 Å². The molecule has 2 N–H and O–H groups in total. The largest absolute Gasteiger partial charge is 0.395 e. The molecule has 3 nitrogen and oxygen atoms in total. The Bertz CT molecular complexity index is 158. The molecule has 0 aromatic rings. The maximum absolute atomic E-state index is 9.05. The quantitative estimate of drug-likeness (QED) is 0.654. The summed E-state index contributed by atoms with van der Waals surface area (Å²) < 4.78 is 0. The topological polar surface area (TPSA) is 43.7 Å². The lowest BCUT2D eigenvalue weighted by Crippen LogP contribution is -2.39. The highest BCUT2D eigenvalue weighted by molar-refractivity contribution is 4.90. The monoisotopic (exact) mass is 185 g/mol. The van der Waals surface area contributed by atoms with Gasteiger partial charge in [-0.05, 0) is 24.7 Å². The van der Waals surface area contributed by atoms with Crippen molar-refractivity contribution in [2.24, 2.45) is 11.8 Å². The molecule has 76 valence electrons. The van der Waals surface area contributed by atoms with Crippen molar-refractivity contribution < 1.29 is 10.2 Å². The van der Waals surface area contributed by atoms with Crippen LogP contribution in [0.1, 0.15) is 19.3 Å². The Morgan fingerprint density at radius 2 is 1.62 bits per heavy atom. The number of rotatable bonds is 3. The number of likely N-dealkylation sites (tertiary alicyclic amines) is 1. The molecule has 0 aromatic heterocycles. The van der Waals surface area contributed by atoms with Gasteiger partial charge in [0.1, 0.15) is 0 Å². The number of hydrogen-bond acceptors (Lipinski definition) is 3. The molecule has 0 bridgehead atoms. The van der Waals surface area contributed by atoms with Crippen molar-refractivity contribution in [1.82, 2.24) is 4.90 Å². The SMILES string of the molecule is OCC(CO)N1CC2CCCC2C1. The Balaban J connectivity index is 1.90. The third-order valence-electron chi connectivity index (χ3n) is 3.69. The third kappa shape index (κ3) is 1.73. The van der Waals surface area contributed by atoms with Crippen LogP contribution < -0.4 is 0 Å². The van der Waals surface area contributed by atoms with Crippen LogP contribution in [-0.2, 0) is 0 Å². The molecule has 1 saturated heterocycles. The van der Waals surface area contributed by atoms with Gasteiger partial charge in [-0.1, -0.05) is 6.42 Å². The fourth-order valence-corrected chi connectivity index (χ4v) is 2.86. The molecule has 1 aliphatic heterocycles. The smallest absolute Gasteiger partial charge is 0.0609 e. The second kappa shape index (κ2) is 3.95. The summed E-state index contributed by atoms with van der Waals surface area (Å²) in [5.74, 6) is 1.70. The molecule has 2 atom stereocenters. The second-order valence-corrected chi connectivity index (χ2v) is 4.42. The minimum absolute atomic E-state index is 0.00870. The van der Waals surface area contributed by atoms with Gasteiger partial charge in [-0.2, -0.15) is 0 Å². The van der Waals surface area contributed by atoms with Gasteiger partial charge < -0.3 is 10.2 Å². The van der Waals surface area contributed by atoms with Crippen molar-refractivity contribution in [3.05, 3.63) is 0 Å². The molecule has 0 spiro atoms. The van der Waals surface area contributed by atoms with Crippen LogP contribution in [0.25, 0.3) is 0 Å². The van der Waals surface area contributed by atoms with Gasteiger partial charge in [-0.3, -0.25) is 4.90 Å². The zero-order valence-corrected chi connectivity index (χ0v) is 8.02. The average Bonchev–Trinajstić information content (AvgIpc) is 2.65. The lowest BCUT2D eigenvalue weighted by Gasteiger charge is -2.24. The van der Waals surface area contributed by atoms with Gasteiger partial charge in [-0.15, -0.1) is 0 Å². The summed E-state index contributed by atoms with van der Waals surface area (Å²) in [6.07, 6.45) is 4.08. The first kappa shape index (κ1) is 9.44. The van der Waals surface area contributed by atoms with Crippen LogP contribution in [0.3, 0.4) is 0 Å². The Labute approximate surface area is 79.4 Å². The van der Waals surface area contributed by atoms with E-state index in [9.17, 15) is 0 Å². The molecule has 1 heterocycles. The third-order valence-corrected chi connectivity index (χ3v) is 3.69. The highest BCUT2D eigenvalue weighted by Gasteiger charge is 2.38. The van der Waals surface area contributed by atoms with Gasteiger partial charge in [-0.25, -0.2) is 0 Å². The van der Waals surface area contributed by atoms with Gasteiger partial charge in [0.15, 0.2) is 0 Å². The Kier molecular flexibility index (Phi) is 2.86. The molecule has 0 aromatic carbocycles. The van der Waals surface area contributed by atoms with E-state index >= 15 is 0 Å². The van der Waals surface area contributed by atoms with Crippen molar-refractivity contribution in [2.75, 3.05) is 26.3 Å². The standard InChI is InChI=1S/C10H19NO2/c12-6-10(7-13)11-4-8-2-1-3-9(8)5-11/h8-10,12-13H,1-7H2. The minimum atomic E-state index is -0.00870. The maximum atomic E-state index is 9.05. The van der Waals surface area contributed by atoms with Gasteiger partial charge in [0, 0.05) is 13.1 Å². The number of aliphatic hydroxyl groups is 2. The van der Waals surface area contributed by atoms with Crippen LogP contribution in [0.2, 0.25) is 0 Å². The van der Waals surface area contributed by atoms with E-state index in [1.165, 1.54) is 19.3 Å². The Morgan fingerprint density at radius 1 is 1.08 bits per heavy atom. The van der Waals surface area contributed by atoms with E-state index < -0.39 is 0 Å². The first-order chi connectivity index (χ1) is 6.35. The lowest BCUT2D eigenvalue weighted by atomic mass is 10.0. The molecule has 13 heavy (non-hydrogen) atoms. The first-order valence-corrected chi connectivity index (χ1v) is 5.31. The molecule has 0 amide bonds. The highest BCUT2D eigenvalue weighted by atomic mass is 16.3. The molecule has 2 fully saturated rings. The van der Waals surface area contributed by atoms with Gasteiger partial charge in [0.05, 0.1) is 19.3 Å². The maximum Gasteiger partial charge on any atom is 0.0609 e. The number of aliphatic hydroxyl groups excluding tert-OH is 2. The van der Waals surface area contributed by atoms with Crippen molar-refractivity contribution in [1.29, 1.82) is 0 Å². The lowest BCUT2D eigenvalue weighted by molar-refractivity contribution is 0.0850. The first-order valence-electron chi connectivity index (χ1n) is 5.31. The summed E-state index contributed by atoms with van der Waals surface area (Å²) in [4.78, 5) is 2.26. The van der Waals surface area contributed by atoms with Crippen LogP contribution >= 0.6 is 0 Å². The van der Waals surface area contributed by atoms with E-state index in [0.717, 1.165) is 24.9 Å². The summed E-state index contributed by atoms with van der Waals surface area (Å²) in [5.41, 5.74) is 0. The van der Waals surface area contributed by atoms with Crippen LogP contribution in [0, 0.1) is 11.8 Å². The molecule has 1 aliphatic carbocycles. The minimum Gasteiger partial charge on any atom is -0.395 e. The fourth-order valence-electron chi connectivity index (χ4n) is 2.86. The molecule has 2 aliphatic rings. The second-order valence-electron chi connectivity index (χ2n) is 4.42. The zero-order valence-electron chi connectivity index (χ0n) is 8.02. The molecular formula is C10H19NO2. The zero-order chi connectivity index (χ0) is 9.26. The predicted molar refractivity (Wildman–Crippen MR) is 50.4 cm³/mol. The average molecular weight is 185 g/mol. The van der Waals surface area contributed by atoms with Gasteiger partial charge in [0.2, 0.25) is 0 Å². The molecule has 3 heteroatoms. The van der Waals surface area contributed by atoms with Crippen molar-refractivity contribution in [3.8, 4) is 0 Å². The van der Waals surface area contributed by atoms with Crippen molar-refractivity contribution >= 4 is 0 Å². The highest BCUT2D eigenvalue weighted by Crippen LogP contribution is 2.38. The summed E-state index contributed by atoms with van der Waals surface area (Å²) in [5, 5.41) is 18.1. The molecule has 1 saturated carbocycles. The van der Waals surface area contributed by atoms with E-state index in [1.54, 1.807) is 0 Å². The number of fused-ring (bicyclic) bond motifs is 1. The van der Waals surface area contributed by atoms with E-state index in [1.807, 2.05) is 0 Å². The predicted octanol–water partition coefficient (Wildman–Crippen LogP) is 0.0715. The van der Waals surface area contributed by atoms with E-state index in [4.69, 9.17) is 10.2 Å². The van der Waals surface area contributed by atoms with Crippen LogP contribution in [0.15, 0.2) is 0 Å². The molecule has 2 rings (SSSR count). The molecule has 2 unspecified atom stereocenters.